The van der Waals surface area contributed by atoms with Crippen molar-refractivity contribution in [3.8, 4) is 0 Å². The molecular formula is CH5LiO6S2. The van der Waals surface area contributed by atoms with E-state index >= 15 is 0 Å². The molecule has 0 radical (unpaired) electrons. The fraction of sp³-hybridized carbons (Fsp3) is 1.00. The molecule has 0 saturated carbocycles. The second-order valence-electron chi connectivity index (χ2n) is 1.28. The summed E-state index contributed by atoms with van der Waals surface area (Å²) in [5, 5.41) is -1.65. The molecule has 6 nitrogen and oxygen atoms in total. The Morgan fingerprint density at radius 1 is 0.900 bits per heavy atom. The van der Waals surface area contributed by atoms with Crippen molar-refractivity contribution in [2.45, 2.75) is 0 Å². The second kappa shape index (κ2) is 3.71. The maximum absolute atomic E-state index is 9.66. The van der Waals surface area contributed by atoms with Crippen LogP contribution in [-0.4, -0.2) is 49.9 Å². The summed E-state index contributed by atoms with van der Waals surface area (Å²) in [6, 6.07) is 0. The van der Waals surface area contributed by atoms with Crippen LogP contribution in [0.4, 0.5) is 0 Å². The van der Waals surface area contributed by atoms with Gasteiger partial charge >= 0.3 is 18.9 Å². The molecule has 0 heterocycles. The molecule has 0 bridgehead atoms. The quantitative estimate of drug-likeness (QED) is 0.382. The van der Waals surface area contributed by atoms with Gasteiger partial charge in [0.25, 0.3) is 20.2 Å². The van der Waals surface area contributed by atoms with E-state index in [1.54, 1.807) is 0 Å². The number of rotatable bonds is 2. The summed E-state index contributed by atoms with van der Waals surface area (Å²) in [6.07, 6.45) is 0. The molecule has 58 valence electrons. The van der Waals surface area contributed by atoms with Crippen LogP contribution < -0.4 is 0 Å². The van der Waals surface area contributed by atoms with Crippen LogP contribution in [0, 0.1) is 0 Å². The SMILES string of the molecule is O=S(=O)(O)CS(=O)(=O)O.[LiH]. The molecule has 9 heteroatoms. The summed E-state index contributed by atoms with van der Waals surface area (Å²) >= 11 is 0. The molecule has 2 N–H and O–H groups in total. The van der Waals surface area contributed by atoms with Gasteiger partial charge in [0.05, 0.1) is 0 Å². The first-order valence-corrected chi connectivity index (χ1v) is 4.83. The van der Waals surface area contributed by atoms with Crippen molar-refractivity contribution in [1.82, 2.24) is 0 Å². The van der Waals surface area contributed by atoms with Gasteiger partial charge in [-0.05, 0) is 0 Å². The van der Waals surface area contributed by atoms with Gasteiger partial charge in [0.2, 0.25) is 5.08 Å². The summed E-state index contributed by atoms with van der Waals surface area (Å²) in [5.74, 6) is 0. The number of hydrogen-bond acceptors (Lipinski definition) is 4. The Balaban J connectivity index is 0. The standard InChI is InChI=1S/CH4O6S2.Li.H/c2-8(3,4)1-9(5,6)7;;/h1H2,(H,2,3,4)(H,5,6,7);;. The monoisotopic (exact) mass is 184 g/mol. The van der Waals surface area contributed by atoms with Gasteiger partial charge in [-0.1, -0.05) is 0 Å². The van der Waals surface area contributed by atoms with Crippen molar-refractivity contribution in [3.63, 3.8) is 0 Å². The first-order chi connectivity index (χ1) is 3.71. The van der Waals surface area contributed by atoms with Crippen LogP contribution in [0.25, 0.3) is 0 Å². The van der Waals surface area contributed by atoms with Crippen LogP contribution in [0.5, 0.6) is 0 Å². The van der Waals surface area contributed by atoms with E-state index in [0.717, 1.165) is 0 Å². The Hall–Kier alpha value is 0.417. The Morgan fingerprint density at radius 3 is 1.10 bits per heavy atom. The van der Waals surface area contributed by atoms with E-state index in [9.17, 15) is 16.8 Å². The molecule has 0 saturated heterocycles. The summed E-state index contributed by atoms with van der Waals surface area (Å²) in [4.78, 5) is 0. The third-order valence-electron chi connectivity index (χ3n) is 0.298. The van der Waals surface area contributed by atoms with Gasteiger partial charge in [-0.3, -0.25) is 9.11 Å². The van der Waals surface area contributed by atoms with E-state index in [1.807, 2.05) is 0 Å². The van der Waals surface area contributed by atoms with E-state index in [1.165, 1.54) is 0 Å². The Morgan fingerprint density at radius 2 is 1.10 bits per heavy atom. The molecule has 0 fully saturated rings. The topological polar surface area (TPSA) is 109 Å². The van der Waals surface area contributed by atoms with Crippen molar-refractivity contribution in [3.05, 3.63) is 0 Å². The molecule has 0 spiro atoms. The molecule has 0 rings (SSSR count). The van der Waals surface area contributed by atoms with Crippen LogP contribution in [-0.2, 0) is 20.2 Å². The van der Waals surface area contributed by atoms with Gasteiger partial charge < -0.3 is 0 Å². The average Bonchev–Trinajstić information content (AvgIpc) is 1.14. The van der Waals surface area contributed by atoms with Crippen LogP contribution in [0.3, 0.4) is 0 Å². The predicted molar refractivity (Wildman–Crippen MR) is 35.1 cm³/mol. The van der Waals surface area contributed by atoms with Crippen molar-refractivity contribution in [2.75, 3.05) is 5.08 Å². The van der Waals surface area contributed by atoms with Crippen LogP contribution in [0.1, 0.15) is 0 Å². The zero-order valence-electron chi connectivity index (χ0n) is 4.05. The Bertz CT molecular complexity index is 241. The molecule has 0 amide bonds. The van der Waals surface area contributed by atoms with Crippen molar-refractivity contribution in [2.24, 2.45) is 0 Å². The second-order valence-corrected chi connectivity index (χ2v) is 4.55. The Labute approximate surface area is 70.3 Å². The summed E-state index contributed by atoms with van der Waals surface area (Å²) in [6.45, 7) is 0. The Kier molecular flexibility index (Phi) is 4.83. The fourth-order valence-electron chi connectivity index (χ4n) is 0.188. The molecule has 0 aromatic carbocycles. The fourth-order valence-corrected chi connectivity index (χ4v) is 1.69. The van der Waals surface area contributed by atoms with Gasteiger partial charge in [-0.15, -0.1) is 0 Å². The van der Waals surface area contributed by atoms with Crippen molar-refractivity contribution >= 4 is 39.1 Å². The molecule has 10 heavy (non-hydrogen) atoms. The zero-order valence-corrected chi connectivity index (χ0v) is 5.68. The van der Waals surface area contributed by atoms with Gasteiger partial charge in [0, 0.05) is 0 Å². The van der Waals surface area contributed by atoms with Crippen molar-refractivity contribution in [1.29, 1.82) is 0 Å². The average molecular weight is 184 g/mol. The third kappa shape index (κ3) is 11.2. The van der Waals surface area contributed by atoms with E-state index in [2.05, 4.69) is 0 Å². The normalized spacial score (nSPS) is 12.2. The first-order valence-electron chi connectivity index (χ1n) is 1.61. The van der Waals surface area contributed by atoms with Crippen LogP contribution in [0.2, 0.25) is 0 Å². The molecule has 0 aliphatic carbocycles. The molecule has 0 atom stereocenters. The van der Waals surface area contributed by atoms with E-state index in [4.69, 9.17) is 9.11 Å². The summed E-state index contributed by atoms with van der Waals surface area (Å²) in [7, 11) is -9.24. The minimum atomic E-state index is -4.62. The molecule has 0 unspecified atom stereocenters. The predicted octanol–water partition coefficient (Wildman–Crippen LogP) is -1.93. The molecule has 0 aromatic heterocycles. The molecular weight excluding hydrogens is 179 g/mol. The maximum atomic E-state index is 9.66. The van der Waals surface area contributed by atoms with E-state index < -0.39 is 25.3 Å². The molecule has 0 aliphatic rings. The molecule has 0 aromatic rings. The zero-order chi connectivity index (χ0) is 7.71. The van der Waals surface area contributed by atoms with Crippen LogP contribution in [0.15, 0.2) is 0 Å². The van der Waals surface area contributed by atoms with E-state index in [-0.39, 0.29) is 18.9 Å². The van der Waals surface area contributed by atoms with Crippen molar-refractivity contribution < 1.29 is 25.9 Å². The summed E-state index contributed by atoms with van der Waals surface area (Å²) in [5.41, 5.74) is 0. The first kappa shape index (κ1) is 13.0. The van der Waals surface area contributed by atoms with Gasteiger partial charge in [0.15, 0.2) is 0 Å². The minimum absolute atomic E-state index is 0. The van der Waals surface area contributed by atoms with E-state index in [0.29, 0.717) is 0 Å². The van der Waals surface area contributed by atoms with Gasteiger partial charge in [-0.2, -0.15) is 16.8 Å². The van der Waals surface area contributed by atoms with Gasteiger partial charge in [-0.25, -0.2) is 0 Å². The summed E-state index contributed by atoms with van der Waals surface area (Å²) < 4.78 is 54.2. The van der Waals surface area contributed by atoms with Crippen LogP contribution >= 0.6 is 0 Å². The molecule has 0 aliphatic heterocycles. The van der Waals surface area contributed by atoms with Gasteiger partial charge in [0.1, 0.15) is 0 Å². The number of hydrogen-bond donors (Lipinski definition) is 2. The third-order valence-corrected chi connectivity index (χ3v) is 2.68.